The molecule has 1 aliphatic heterocycles. The van der Waals surface area contributed by atoms with Gasteiger partial charge in [0.15, 0.2) is 0 Å². The van der Waals surface area contributed by atoms with Crippen molar-refractivity contribution in [1.29, 1.82) is 0 Å². The first-order valence-corrected chi connectivity index (χ1v) is 5.53. The second-order valence-electron chi connectivity index (χ2n) is 3.89. The second kappa shape index (κ2) is 6.83. The van der Waals surface area contributed by atoms with Crippen LogP contribution in [0.5, 0.6) is 0 Å². The zero-order chi connectivity index (χ0) is 13.5. The first-order chi connectivity index (χ1) is 8.52. The van der Waals surface area contributed by atoms with Crippen LogP contribution in [0.3, 0.4) is 0 Å². The molecular weight excluding hydrogens is 242 g/mol. The Labute approximate surface area is 104 Å². The van der Waals surface area contributed by atoms with Gasteiger partial charge in [0.25, 0.3) is 0 Å². The zero-order valence-electron chi connectivity index (χ0n) is 10.2. The summed E-state index contributed by atoms with van der Waals surface area (Å²) in [6.07, 6.45) is -0.209. The predicted octanol–water partition coefficient (Wildman–Crippen LogP) is 1.30. The number of ether oxygens (including phenoxy) is 3. The summed E-state index contributed by atoms with van der Waals surface area (Å²) in [7, 11) is 0. The summed E-state index contributed by atoms with van der Waals surface area (Å²) >= 11 is 0. The van der Waals surface area contributed by atoms with Crippen LogP contribution in [0.25, 0.3) is 10.4 Å². The van der Waals surface area contributed by atoms with E-state index in [2.05, 4.69) is 10.0 Å². The lowest BCUT2D eigenvalue weighted by atomic mass is 10.0. The van der Waals surface area contributed by atoms with E-state index in [1.54, 1.807) is 0 Å². The number of hydrogen-bond donors (Lipinski definition) is 0. The molecule has 0 amide bonds. The maximum atomic E-state index is 10.9. The molecule has 0 radical (unpaired) electrons. The van der Waals surface area contributed by atoms with Crippen molar-refractivity contribution in [3.8, 4) is 0 Å². The quantitative estimate of drug-likeness (QED) is 0.326. The molecule has 0 aromatic rings. The van der Waals surface area contributed by atoms with Gasteiger partial charge in [-0.05, 0) is 18.4 Å². The van der Waals surface area contributed by atoms with Gasteiger partial charge >= 0.3 is 11.9 Å². The summed E-state index contributed by atoms with van der Waals surface area (Å²) in [5.74, 6) is -0.925. The normalized spacial score (nSPS) is 26.9. The highest BCUT2D eigenvalue weighted by atomic mass is 16.7. The van der Waals surface area contributed by atoms with Crippen molar-refractivity contribution in [3.63, 3.8) is 0 Å². The molecule has 0 aromatic carbocycles. The Kier molecular flexibility index (Phi) is 5.41. The highest BCUT2D eigenvalue weighted by molar-refractivity contribution is 5.66. The Hall–Kier alpha value is -1.79. The molecule has 0 spiro atoms. The monoisotopic (exact) mass is 257 g/mol. The molecule has 1 heterocycles. The first kappa shape index (κ1) is 14.3. The molecule has 0 aliphatic carbocycles. The maximum absolute atomic E-state index is 10.9. The SMILES string of the molecule is CC(=O)OC[C@@H]1CC[C@@H](N=[N+]=[N-])[C@H](OC(C)=O)O1. The summed E-state index contributed by atoms with van der Waals surface area (Å²) in [4.78, 5) is 24.3. The van der Waals surface area contributed by atoms with Crippen molar-refractivity contribution in [2.75, 3.05) is 6.61 Å². The Morgan fingerprint density at radius 2 is 2.11 bits per heavy atom. The molecule has 100 valence electrons. The van der Waals surface area contributed by atoms with Gasteiger partial charge in [-0.25, -0.2) is 0 Å². The third-order valence-electron chi connectivity index (χ3n) is 2.38. The molecule has 3 atom stereocenters. The van der Waals surface area contributed by atoms with E-state index in [-0.39, 0.29) is 12.7 Å². The highest BCUT2D eigenvalue weighted by Crippen LogP contribution is 2.23. The van der Waals surface area contributed by atoms with Crippen molar-refractivity contribution >= 4 is 11.9 Å². The minimum absolute atomic E-state index is 0.0933. The molecule has 8 nitrogen and oxygen atoms in total. The van der Waals surface area contributed by atoms with Crippen LogP contribution in [-0.2, 0) is 23.8 Å². The average Bonchev–Trinajstić information content (AvgIpc) is 2.29. The molecule has 1 rings (SSSR count). The molecule has 1 aliphatic rings. The lowest BCUT2D eigenvalue weighted by molar-refractivity contribution is -0.213. The standard InChI is InChI=1S/C10H15N3O5/c1-6(14)16-5-8-3-4-9(12-13-11)10(18-8)17-7(2)15/h8-10H,3-5H2,1-2H3/t8-,9+,10+/m0/s1. The van der Waals surface area contributed by atoms with E-state index in [4.69, 9.17) is 19.7 Å². The van der Waals surface area contributed by atoms with Crippen molar-refractivity contribution in [2.24, 2.45) is 5.11 Å². The third kappa shape index (κ3) is 4.60. The molecule has 0 N–H and O–H groups in total. The molecule has 1 saturated heterocycles. The number of azide groups is 1. The summed E-state index contributed by atoms with van der Waals surface area (Å²) in [6, 6.07) is -0.549. The Balaban J connectivity index is 2.57. The van der Waals surface area contributed by atoms with Crippen molar-refractivity contribution in [3.05, 3.63) is 10.4 Å². The van der Waals surface area contributed by atoms with Crippen LogP contribution in [0, 0.1) is 0 Å². The molecule has 1 fully saturated rings. The number of carbonyl (C=O) groups excluding carboxylic acids is 2. The van der Waals surface area contributed by atoms with Crippen LogP contribution in [0.2, 0.25) is 0 Å². The van der Waals surface area contributed by atoms with Crippen LogP contribution in [0.1, 0.15) is 26.7 Å². The van der Waals surface area contributed by atoms with Crippen LogP contribution in [0.4, 0.5) is 0 Å². The summed E-state index contributed by atoms with van der Waals surface area (Å²) in [5, 5.41) is 3.52. The molecule has 18 heavy (non-hydrogen) atoms. The second-order valence-corrected chi connectivity index (χ2v) is 3.89. The van der Waals surface area contributed by atoms with Crippen molar-refractivity contribution in [1.82, 2.24) is 0 Å². The van der Waals surface area contributed by atoms with Crippen molar-refractivity contribution < 1.29 is 23.8 Å². The topological polar surface area (TPSA) is 111 Å². The summed E-state index contributed by atoms with van der Waals surface area (Å²) in [6.45, 7) is 2.64. The number of carbonyl (C=O) groups is 2. The van der Waals surface area contributed by atoms with E-state index in [1.165, 1.54) is 13.8 Å². The fourth-order valence-corrected chi connectivity index (χ4v) is 1.62. The molecule has 0 unspecified atom stereocenters. The smallest absolute Gasteiger partial charge is 0.304 e. The minimum Gasteiger partial charge on any atom is -0.463 e. The highest BCUT2D eigenvalue weighted by Gasteiger charge is 2.33. The average molecular weight is 257 g/mol. The lowest BCUT2D eigenvalue weighted by Crippen LogP contribution is -2.42. The minimum atomic E-state index is -0.923. The fraction of sp³-hybridized carbons (Fsp3) is 0.800. The van der Waals surface area contributed by atoms with Crippen molar-refractivity contribution in [2.45, 2.75) is 45.1 Å². The third-order valence-corrected chi connectivity index (χ3v) is 2.38. The Bertz CT molecular complexity index is 367. The van der Waals surface area contributed by atoms with Gasteiger partial charge in [0.05, 0.1) is 6.10 Å². The van der Waals surface area contributed by atoms with Gasteiger partial charge < -0.3 is 14.2 Å². The van der Waals surface area contributed by atoms with E-state index in [9.17, 15) is 9.59 Å². The maximum Gasteiger partial charge on any atom is 0.304 e. The van der Waals surface area contributed by atoms with Gasteiger partial charge in [0.1, 0.15) is 12.6 Å². The predicted molar refractivity (Wildman–Crippen MR) is 59.2 cm³/mol. The molecular formula is C10H15N3O5. The van der Waals surface area contributed by atoms with Crippen LogP contribution >= 0.6 is 0 Å². The number of nitrogens with zero attached hydrogens (tertiary/aromatic N) is 3. The largest absolute Gasteiger partial charge is 0.463 e. The van der Waals surface area contributed by atoms with E-state index in [0.717, 1.165) is 0 Å². The molecule has 0 saturated carbocycles. The van der Waals surface area contributed by atoms with Gasteiger partial charge in [-0.2, -0.15) is 0 Å². The van der Waals surface area contributed by atoms with E-state index in [0.29, 0.717) is 12.8 Å². The zero-order valence-corrected chi connectivity index (χ0v) is 10.2. The van der Waals surface area contributed by atoms with Gasteiger partial charge in [-0.3, -0.25) is 9.59 Å². The fourth-order valence-electron chi connectivity index (χ4n) is 1.62. The molecule has 8 heteroatoms. The molecule has 0 aromatic heterocycles. The van der Waals surface area contributed by atoms with Gasteiger partial charge in [-0.1, -0.05) is 5.11 Å². The van der Waals surface area contributed by atoms with Crippen LogP contribution in [0.15, 0.2) is 5.11 Å². The van der Waals surface area contributed by atoms with Crippen LogP contribution < -0.4 is 0 Å². The lowest BCUT2D eigenvalue weighted by Gasteiger charge is -2.33. The summed E-state index contributed by atoms with van der Waals surface area (Å²) in [5.41, 5.74) is 8.41. The Morgan fingerprint density at radius 3 is 2.67 bits per heavy atom. The van der Waals surface area contributed by atoms with Gasteiger partial charge in [-0.15, -0.1) is 0 Å². The van der Waals surface area contributed by atoms with E-state index >= 15 is 0 Å². The summed E-state index contributed by atoms with van der Waals surface area (Å²) < 4.78 is 15.2. The van der Waals surface area contributed by atoms with E-state index < -0.39 is 24.3 Å². The van der Waals surface area contributed by atoms with Gasteiger partial charge in [0, 0.05) is 18.8 Å². The number of hydrogen-bond acceptors (Lipinski definition) is 6. The van der Waals surface area contributed by atoms with E-state index in [1.807, 2.05) is 0 Å². The molecule has 0 bridgehead atoms. The van der Waals surface area contributed by atoms with Gasteiger partial charge in [0.2, 0.25) is 6.29 Å². The van der Waals surface area contributed by atoms with Crippen LogP contribution in [-0.4, -0.2) is 37.0 Å². The first-order valence-electron chi connectivity index (χ1n) is 5.53. The number of esters is 2. The number of rotatable bonds is 4. The Morgan fingerprint density at radius 1 is 1.39 bits per heavy atom.